The van der Waals surface area contributed by atoms with E-state index in [1.165, 1.54) is 23.8 Å². The molecule has 0 bridgehead atoms. The van der Waals surface area contributed by atoms with Gasteiger partial charge in [0.15, 0.2) is 0 Å². The average Bonchev–Trinajstić information content (AvgIpc) is 3.30. The highest BCUT2D eigenvalue weighted by Gasteiger charge is 2.49. The highest BCUT2D eigenvalue weighted by atomic mass is 19.4. The monoisotopic (exact) mass is 556 g/mol. The Morgan fingerprint density at radius 2 is 2.00 bits per heavy atom. The van der Waals surface area contributed by atoms with Crippen LogP contribution in [0.4, 0.5) is 43.7 Å². The van der Waals surface area contributed by atoms with E-state index < -0.39 is 30.9 Å². The molecule has 0 unspecified atom stereocenters. The van der Waals surface area contributed by atoms with Crippen LogP contribution < -0.4 is 15.4 Å². The molecule has 1 aromatic carbocycles. The van der Waals surface area contributed by atoms with Crippen LogP contribution in [0.25, 0.3) is 16.6 Å². The van der Waals surface area contributed by atoms with E-state index in [4.69, 9.17) is 10.3 Å². The second-order valence-corrected chi connectivity index (χ2v) is 9.75. The summed E-state index contributed by atoms with van der Waals surface area (Å²) in [5.74, 6) is -2.41. The lowest BCUT2D eigenvalue weighted by molar-refractivity contribution is -0.131. The van der Waals surface area contributed by atoms with E-state index in [2.05, 4.69) is 25.8 Å². The van der Waals surface area contributed by atoms with Gasteiger partial charge in [0.25, 0.3) is 5.92 Å². The first kappa shape index (κ1) is 27.0. The molecule has 0 spiro atoms. The topological polar surface area (TPSA) is 103 Å². The summed E-state index contributed by atoms with van der Waals surface area (Å²) in [6.07, 6.45) is -4.28. The Hall–Kier alpha value is -3.62. The molecule has 3 heterocycles. The Bertz CT molecular complexity index is 1350. The maximum absolute atomic E-state index is 15.0. The SMILES string of the molecule is COc1nc(N[C@H]2CCN(C3CC(F)(F)C3)C[C@H]2F)nn2ccc(-c3ccc(N=N)c(NCC(F)(F)F)c3)c12. The number of rotatable bonds is 8. The number of anilines is 2. The van der Waals surface area contributed by atoms with Crippen LogP contribution in [0, 0.1) is 5.53 Å². The van der Waals surface area contributed by atoms with Gasteiger partial charge in [0.1, 0.15) is 23.9 Å². The summed E-state index contributed by atoms with van der Waals surface area (Å²) in [4.78, 5) is 6.14. The first-order valence-corrected chi connectivity index (χ1v) is 12.2. The second-order valence-electron chi connectivity index (χ2n) is 9.75. The van der Waals surface area contributed by atoms with E-state index in [0.717, 1.165) is 0 Å². The number of nitrogens with one attached hydrogen (secondary N) is 3. The molecule has 0 amide bonds. The third-order valence-electron chi connectivity index (χ3n) is 7.05. The van der Waals surface area contributed by atoms with E-state index >= 15 is 0 Å². The van der Waals surface area contributed by atoms with E-state index in [-0.39, 0.29) is 48.6 Å². The predicted octanol–water partition coefficient (Wildman–Crippen LogP) is 5.66. The van der Waals surface area contributed by atoms with Crippen LogP contribution in [0.15, 0.2) is 35.6 Å². The molecule has 3 N–H and O–H groups in total. The van der Waals surface area contributed by atoms with Crippen molar-refractivity contribution in [1.29, 1.82) is 5.53 Å². The van der Waals surface area contributed by atoms with Crippen molar-refractivity contribution < 1.29 is 31.1 Å². The number of nitrogens with zero attached hydrogens (tertiary/aromatic N) is 5. The summed E-state index contributed by atoms with van der Waals surface area (Å²) in [6.45, 7) is -0.785. The Morgan fingerprint density at radius 3 is 2.64 bits per heavy atom. The van der Waals surface area contributed by atoms with Gasteiger partial charge in [0.05, 0.1) is 18.8 Å². The van der Waals surface area contributed by atoms with Crippen LogP contribution in [0.2, 0.25) is 0 Å². The zero-order valence-electron chi connectivity index (χ0n) is 20.8. The molecular formula is C24H26F6N8O. The number of likely N-dealkylation sites (tertiary alicyclic amines) is 1. The number of hydrogen-bond acceptors (Lipinski definition) is 8. The number of ether oxygens (including phenoxy) is 1. The number of methoxy groups -OCH3 is 1. The molecule has 1 aliphatic carbocycles. The molecule has 2 atom stereocenters. The Kier molecular flexibility index (Phi) is 7.03. The predicted molar refractivity (Wildman–Crippen MR) is 131 cm³/mol. The van der Waals surface area contributed by atoms with Crippen molar-refractivity contribution in [3.63, 3.8) is 0 Å². The Labute approximate surface area is 219 Å². The Morgan fingerprint density at radius 1 is 1.23 bits per heavy atom. The molecule has 9 nitrogen and oxygen atoms in total. The minimum atomic E-state index is -4.46. The van der Waals surface area contributed by atoms with Crippen LogP contribution in [-0.2, 0) is 0 Å². The molecule has 5 rings (SSSR count). The molecule has 1 aliphatic heterocycles. The number of aromatic nitrogens is 3. The molecule has 15 heteroatoms. The van der Waals surface area contributed by atoms with Crippen molar-refractivity contribution in [2.24, 2.45) is 5.11 Å². The van der Waals surface area contributed by atoms with Gasteiger partial charge in [-0.25, -0.2) is 23.2 Å². The smallest absolute Gasteiger partial charge is 0.405 e. The van der Waals surface area contributed by atoms with Gasteiger partial charge in [0, 0.05) is 43.7 Å². The summed E-state index contributed by atoms with van der Waals surface area (Å²) in [7, 11) is 1.39. The number of benzene rings is 1. The first-order valence-electron chi connectivity index (χ1n) is 12.2. The van der Waals surface area contributed by atoms with E-state index in [0.29, 0.717) is 29.6 Å². The maximum Gasteiger partial charge on any atom is 0.405 e. The minimum Gasteiger partial charge on any atom is -0.479 e. The van der Waals surface area contributed by atoms with Gasteiger partial charge in [-0.2, -0.15) is 23.3 Å². The van der Waals surface area contributed by atoms with E-state index in [1.807, 2.05) is 0 Å². The molecule has 2 fully saturated rings. The zero-order chi connectivity index (χ0) is 27.9. The Balaban J connectivity index is 1.36. The molecule has 1 saturated carbocycles. The summed E-state index contributed by atoms with van der Waals surface area (Å²) in [5.41, 5.74) is 8.82. The molecule has 2 aromatic heterocycles. The van der Waals surface area contributed by atoms with Crippen molar-refractivity contribution in [1.82, 2.24) is 19.5 Å². The third kappa shape index (κ3) is 5.72. The fourth-order valence-electron chi connectivity index (χ4n) is 5.04. The number of halogens is 6. The normalized spacial score (nSPS) is 21.9. The largest absolute Gasteiger partial charge is 0.479 e. The lowest BCUT2D eigenvalue weighted by Crippen LogP contribution is -2.57. The van der Waals surface area contributed by atoms with E-state index in [1.54, 1.807) is 23.2 Å². The average molecular weight is 557 g/mol. The summed E-state index contributed by atoms with van der Waals surface area (Å²) < 4.78 is 86.6. The van der Waals surface area contributed by atoms with Gasteiger partial charge in [0.2, 0.25) is 11.8 Å². The van der Waals surface area contributed by atoms with Crippen LogP contribution in [0.1, 0.15) is 19.3 Å². The van der Waals surface area contributed by atoms with Gasteiger partial charge in [-0.15, -0.1) is 5.10 Å². The van der Waals surface area contributed by atoms with Crippen LogP contribution in [-0.4, -0.2) is 76.6 Å². The van der Waals surface area contributed by atoms with Crippen LogP contribution in [0.5, 0.6) is 5.88 Å². The summed E-state index contributed by atoms with van der Waals surface area (Å²) >= 11 is 0. The fourth-order valence-corrected chi connectivity index (χ4v) is 5.04. The summed E-state index contributed by atoms with van der Waals surface area (Å²) in [5, 5.41) is 12.9. The summed E-state index contributed by atoms with van der Waals surface area (Å²) in [6, 6.07) is 5.22. The zero-order valence-corrected chi connectivity index (χ0v) is 20.8. The van der Waals surface area contributed by atoms with Crippen molar-refractivity contribution in [3.05, 3.63) is 30.5 Å². The van der Waals surface area contributed by atoms with Gasteiger partial charge >= 0.3 is 6.18 Å². The van der Waals surface area contributed by atoms with E-state index in [9.17, 15) is 26.3 Å². The number of piperidine rings is 1. The molecule has 3 aromatic rings. The lowest BCUT2D eigenvalue weighted by Gasteiger charge is -2.46. The maximum atomic E-state index is 15.0. The first-order chi connectivity index (χ1) is 18.5. The molecule has 210 valence electrons. The second kappa shape index (κ2) is 10.2. The van der Waals surface area contributed by atoms with Crippen LogP contribution in [0.3, 0.4) is 0 Å². The molecular weight excluding hydrogens is 530 g/mol. The lowest BCUT2D eigenvalue weighted by atomic mass is 9.85. The molecule has 2 aliphatic rings. The third-order valence-corrected chi connectivity index (χ3v) is 7.05. The quantitative estimate of drug-likeness (QED) is 0.244. The number of fused-ring (bicyclic) bond motifs is 1. The van der Waals surface area contributed by atoms with Crippen LogP contribution >= 0.6 is 0 Å². The van der Waals surface area contributed by atoms with Crippen molar-refractivity contribution in [2.75, 3.05) is 37.4 Å². The number of hydrogen-bond donors (Lipinski definition) is 3. The molecule has 0 radical (unpaired) electrons. The van der Waals surface area contributed by atoms with Gasteiger partial charge < -0.3 is 15.4 Å². The highest BCUT2D eigenvalue weighted by molar-refractivity contribution is 5.87. The standard InChI is InChI=1S/C24H26F6N8O/c1-39-21-20-15(13-2-3-18(35-31)19(8-13)32-12-24(28,29)30)4-7-38(20)36-22(34-21)33-17-5-6-37(11-16(17)25)14-9-23(26,27)10-14/h2-4,7-8,14,16-17,31-32H,5-6,9-12H2,1H3,(H,33,36)/t16-,17+/m1/s1. The van der Waals surface area contributed by atoms with Crippen molar-refractivity contribution >= 4 is 22.8 Å². The van der Waals surface area contributed by atoms with Gasteiger partial charge in [-0.1, -0.05) is 6.07 Å². The van der Waals surface area contributed by atoms with Gasteiger partial charge in [-0.3, -0.25) is 4.90 Å². The van der Waals surface area contributed by atoms with Gasteiger partial charge in [-0.05, 0) is 30.2 Å². The van der Waals surface area contributed by atoms with Crippen molar-refractivity contribution in [2.45, 2.75) is 49.6 Å². The molecule has 39 heavy (non-hydrogen) atoms. The van der Waals surface area contributed by atoms with Crippen molar-refractivity contribution in [3.8, 4) is 17.0 Å². The molecule has 1 saturated heterocycles. The highest BCUT2D eigenvalue weighted by Crippen LogP contribution is 2.41. The number of alkyl halides is 6. The minimum absolute atomic E-state index is 0.0308. The fraction of sp³-hybridized carbons (Fsp3) is 0.500.